The molecule has 9 heteroatoms. The van der Waals surface area contributed by atoms with Crippen molar-refractivity contribution in [1.82, 2.24) is 14.9 Å². The summed E-state index contributed by atoms with van der Waals surface area (Å²) in [4.78, 5) is 14.9. The minimum absolute atomic E-state index is 0.00200. The lowest BCUT2D eigenvalue weighted by atomic mass is 9.79. The Bertz CT molecular complexity index is 791. The molecule has 1 aromatic carbocycles. The summed E-state index contributed by atoms with van der Waals surface area (Å²) in [5.74, 6) is -0.142. The Morgan fingerprint density at radius 1 is 1.17 bits per heavy atom. The first-order chi connectivity index (χ1) is 13.9. The van der Waals surface area contributed by atoms with Gasteiger partial charge in [-0.05, 0) is 31.0 Å². The van der Waals surface area contributed by atoms with Crippen LogP contribution in [0, 0.1) is 0 Å². The van der Waals surface area contributed by atoms with Crippen molar-refractivity contribution in [3.63, 3.8) is 0 Å². The maximum atomic E-state index is 12.4. The number of nitrogens with one attached hydrogen (secondary N) is 2. The lowest BCUT2D eigenvalue weighted by molar-refractivity contribution is -0.122. The maximum Gasteiger partial charge on any atom is 0.240 e. The van der Waals surface area contributed by atoms with E-state index in [-0.39, 0.29) is 29.3 Å². The fraction of sp³-hybridized carbons (Fsp3) is 0.650. The highest BCUT2D eigenvalue weighted by molar-refractivity contribution is 7.89. The van der Waals surface area contributed by atoms with E-state index in [4.69, 9.17) is 16.3 Å². The van der Waals surface area contributed by atoms with Gasteiger partial charge in [-0.3, -0.25) is 9.69 Å². The molecule has 29 heavy (non-hydrogen) atoms. The summed E-state index contributed by atoms with van der Waals surface area (Å²) in [6.45, 7) is 3.92. The molecular formula is C20H30ClN3O4S. The van der Waals surface area contributed by atoms with Gasteiger partial charge in [-0.1, -0.05) is 36.9 Å². The SMILES string of the molecule is O=C(CCNS(=O)(=O)c1cccc(Cl)c1)NCC1(N2CCOCC2)CCCCC1. The molecule has 0 spiro atoms. The standard InChI is InChI=1S/C20H30ClN3O4S/c21-17-5-4-6-18(15-17)29(26,27)23-10-7-19(25)22-16-20(8-2-1-3-9-20)24-11-13-28-14-12-24/h4-6,15,23H,1-3,7-14,16H2,(H,22,25). The number of rotatable bonds is 8. The number of hydrogen-bond donors (Lipinski definition) is 2. The minimum Gasteiger partial charge on any atom is -0.379 e. The zero-order valence-corrected chi connectivity index (χ0v) is 18.2. The number of nitrogens with zero attached hydrogens (tertiary/aromatic N) is 1. The van der Waals surface area contributed by atoms with E-state index >= 15 is 0 Å². The second-order valence-corrected chi connectivity index (χ2v) is 9.97. The smallest absolute Gasteiger partial charge is 0.240 e. The Hall–Kier alpha value is -1.19. The van der Waals surface area contributed by atoms with Crippen molar-refractivity contribution in [2.45, 2.75) is 49.0 Å². The summed E-state index contributed by atoms with van der Waals surface area (Å²) in [6, 6.07) is 6.06. The van der Waals surface area contributed by atoms with Crippen LogP contribution in [-0.4, -0.2) is 64.2 Å². The molecule has 1 heterocycles. The van der Waals surface area contributed by atoms with Crippen molar-refractivity contribution in [3.8, 4) is 0 Å². The van der Waals surface area contributed by atoms with E-state index in [0.717, 1.165) is 39.1 Å². The molecule has 2 N–H and O–H groups in total. The lowest BCUT2D eigenvalue weighted by Gasteiger charge is -2.48. The van der Waals surface area contributed by atoms with Crippen molar-refractivity contribution >= 4 is 27.5 Å². The molecule has 1 saturated carbocycles. The number of halogens is 1. The second kappa shape index (κ2) is 10.2. The third kappa shape index (κ3) is 6.15. The van der Waals surface area contributed by atoms with Gasteiger partial charge in [0.1, 0.15) is 0 Å². The van der Waals surface area contributed by atoms with Gasteiger partial charge in [-0.15, -0.1) is 0 Å². The molecule has 1 aliphatic heterocycles. The Morgan fingerprint density at radius 3 is 2.59 bits per heavy atom. The van der Waals surface area contributed by atoms with Gasteiger partial charge < -0.3 is 10.1 Å². The number of sulfonamides is 1. The van der Waals surface area contributed by atoms with E-state index in [1.807, 2.05) is 0 Å². The quantitative estimate of drug-likeness (QED) is 0.642. The Morgan fingerprint density at radius 2 is 1.90 bits per heavy atom. The van der Waals surface area contributed by atoms with Gasteiger partial charge >= 0.3 is 0 Å². The van der Waals surface area contributed by atoms with Gasteiger partial charge in [0.25, 0.3) is 0 Å². The fourth-order valence-electron chi connectivity index (χ4n) is 4.22. The summed E-state index contributed by atoms with van der Waals surface area (Å²) in [5.41, 5.74) is -0.00200. The van der Waals surface area contributed by atoms with Crippen LogP contribution in [0.25, 0.3) is 0 Å². The van der Waals surface area contributed by atoms with Crippen molar-refractivity contribution < 1.29 is 17.9 Å². The van der Waals surface area contributed by atoms with E-state index in [2.05, 4.69) is 14.9 Å². The summed E-state index contributed by atoms with van der Waals surface area (Å²) in [7, 11) is -3.68. The molecule has 0 bridgehead atoms. The van der Waals surface area contributed by atoms with Crippen LogP contribution in [0.3, 0.4) is 0 Å². The number of benzene rings is 1. The Balaban J connectivity index is 1.49. The molecule has 1 amide bonds. The number of ether oxygens (including phenoxy) is 1. The van der Waals surface area contributed by atoms with Gasteiger partial charge in [0.05, 0.1) is 18.1 Å². The minimum atomic E-state index is -3.68. The molecule has 0 unspecified atom stereocenters. The molecule has 1 saturated heterocycles. The van der Waals surface area contributed by atoms with Crippen LogP contribution in [0.5, 0.6) is 0 Å². The Kier molecular flexibility index (Phi) is 7.92. The van der Waals surface area contributed by atoms with E-state index in [1.54, 1.807) is 12.1 Å². The Labute approximate surface area is 178 Å². The largest absolute Gasteiger partial charge is 0.379 e. The summed E-state index contributed by atoms with van der Waals surface area (Å²) < 4.78 is 32.6. The second-order valence-electron chi connectivity index (χ2n) is 7.77. The van der Waals surface area contributed by atoms with Gasteiger partial charge in [0.2, 0.25) is 15.9 Å². The van der Waals surface area contributed by atoms with Crippen LogP contribution in [0.1, 0.15) is 38.5 Å². The molecule has 162 valence electrons. The van der Waals surface area contributed by atoms with Gasteiger partial charge in [0, 0.05) is 43.2 Å². The molecule has 1 aromatic rings. The number of carbonyl (C=O) groups is 1. The zero-order chi connectivity index (χ0) is 20.7. The normalized spacial score (nSPS) is 20.3. The first kappa shape index (κ1) is 22.5. The number of carbonyl (C=O) groups excluding carboxylic acids is 1. The van der Waals surface area contributed by atoms with E-state index in [1.165, 1.54) is 31.4 Å². The molecule has 0 atom stereocenters. The van der Waals surface area contributed by atoms with Crippen molar-refractivity contribution in [3.05, 3.63) is 29.3 Å². The number of amides is 1. The molecule has 2 fully saturated rings. The fourth-order valence-corrected chi connectivity index (χ4v) is 5.55. The highest BCUT2D eigenvalue weighted by Crippen LogP contribution is 2.33. The molecule has 1 aliphatic carbocycles. The van der Waals surface area contributed by atoms with Crippen LogP contribution in [0.15, 0.2) is 29.2 Å². The molecule has 7 nitrogen and oxygen atoms in total. The summed E-state index contributed by atoms with van der Waals surface area (Å²) >= 11 is 5.86. The summed E-state index contributed by atoms with van der Waals surface area (Å²) in [5, 5.41) is 3.40. The molecule has 2 aliphatic rings. The molecule has 0 aromatic heterocycles. The van der Waals surface area contributed by atoms with E-state index in [0.29, 0.717) is 11.6 Å². The van der Waals surface area contributed by atoms with Crippen LogP contribution < -0.4 is 10.0 Å². The first-order valence-electron chi connectivity index (χ1n) is 10.3. The topological polar surface area (TPSA) is 87.7 Å². The van der Waals surface area contributed by atoms with Gasteiger partial charge in [-0.25, -0.2) is 13.1 Å². The zero-order valence-electron chi connectivity index (χ0n) is 16.7. The lowest BCUT2D eigenvalue weighted by Crippen LogP contribution is -2.59. The van der Waals surface area contributed by atoms with E-state index in [9.17, 15) is 13.2 Å². The molecule has 0 radical (unpaired) electrons. The van der Waals surface area contributed by atoms with Gasteiger partial charge in [0.15, 0.2) is 0 Å². The van der Waals surface area contributed by atoms with Gasteiger partial charge in [-0.2, -0.15) is 0 Å². The average molecular weight is 444 g/mol. The molecule has 3 rings (SSSR count). The summed E-state index contributed by atoms with van der Waals surface area (Å²) in [6.07, 6.45) is 5.84. The predicted octanol–water partition coefficient (Wildman–Crippen LogP) is 2.16. The third-order valence-corrected chi connectivity index (χ3v) is 7.53. The third-order valence-electron chi connectivity index (χ3n) is 5.83. The van der Waals surface area contributed by atoms with Crippen LogP contribution in [-0.2, 0) is 19.6 Å². The number of hydrogen-bond acceptors (Lipinski definition) is 5. The monoisotopic (exact) mass is 443 g/mol. The van der Waals surface area contributed by atoms with Crippen LogP contribution in [0.4, 0.5) is 0 Å². The highest BCUT2D eigenvalue weighted by atomic mass is 35.5. The first-order valence-corrected chi connectivity index (χ1v) is 12.1. The number of morpholine rings is 1. The van der Waals surface area contributed by atoms with Crippen molar-refractivity contribution in [2.24, 2.45) is 0 Å². The average Bonchev–Trinajstić information content (AvgIpc) is 2.73. The van der Waals surface area contributed by atoms with Crippen molar-refractivity contribution in [2.75, 3.05) is 39.4 Å². The van der Waals surface area contributed by atoms with Crippen LogP contribution >= 0.6 is 11.6 Å². The van der Waals surface area contributed by atoms with Crippen molar-refractivity contribution in [1.29, 1.82) is 0 Å². The highest BCUT2D eigenvalue weighted by Gasteiger charge is 2.38. The van der Waals surface area contributed by atoms with Crippen LogP contribution in [0.2, 0.25) is 5.02 Å². The molecular weight excluding hydrogens is 414 g/mol. The van der Waals surface area contributed by atoms with E-state index < -0.39 is 10.0 Å². The predicted molar refractivity (Wildman–Crippen MR) is 112 cm³/mol. The maximum absolute atomic E-state index is 12.4.